The number of benzene rings is 1. The first-order valence-electron chi connectivity index (χ1n) is 6.80. The number of carbonyl (C=O) groups is 1. The normalized spacial score (nSPS) is 22.7. The number of hydrogen-bond donors (Lipinski definition) is 1. The zero-order valence-corrected chi connectivity index (χ0v) is 14.4. The summed E-state index contributed by atoms with van der Waals surface area (Å²) in [6.45, 7) is 4.73. The van der Waals surface area contributed by atoms with Crippen LogP contribution in [0.4, 0.5) is 0 Å². The summed E-state index contributed by atoms with van der Waals surface area (Å²) >= 11 is 0. The lowest BCUT2D eigenvalue weighted by Crippen LogP contribution is -2.56. The van der Waals surface area contributed by atoms with Gasteiger partial charge in [0.25, 0.3) is 0 Å². The van der Waals surface area contributed by atoms with Crippen molar-refractivity contribution in [2.75, 3.05) is 20.2 Å². The number of methoxy groups -OCH3 is 1. The Morgan fingerprint density at radius 2 is 1.95 bits per heavy atom. The van der Waals surface area contributed by atoms with Crippen LogP contribution in [0.3, 0.4) is 0 Å². The van der Waals surface area contributed by atoms with E-state index >= 15 is 0 Å². The Morgan fingerprint density at radius 3 is 2.59 bits per heavy atom. The molecule has 6 nitrogen and oxygen atoms in total. The van der Waals surface area contributed by atoms with Gasteiger partial charge in [-0.2, -0.15) is 4.31 Å². The van der Waals surface area contributed by atoms with Crippen LogP contribution in [0.5, 0.6) is 0 Å². The summed E-state index contributed by atoms with van der Waals surface area (Å²) < 4.78 is 31.9. The molecule has 1 aliphatic rings. The van der Waals surface area contributed by atoms with E-state index in [2.05, 4.69) is 10.1 Å². The Kier molecular flexibility index (Phi) is 6.37. The number of ether oxygens (including phenoxy) is 1. The average Bonchev–Trinajstić information content (AvgIpc) is 2.48. The minimum absolute atomic E-state index is 0. The van der Waals surface area contributed by atoms with E-state index in [1.807, 2.05) is 13.8 Å². The van der Waals surface area contributed by atoms with Gasteiger partial charge in [-0.1, -0.05) is 12.1 Å². The van der Waals surface area contributed by atoms with Gasteiger partial charge in [-0.25, -0.2) is 13.2 Å². The molecule has 22 heavy (non-hydrogen) atoms. The molecule has 1 fully saturated rings. The van der Waals surface area contributed by atoms with E-state index in [1.54, 1.807) is 12.1 Å². The van der Waals surface area contributed by atoms with Gasteiger partial charge in [0.15, 0.2) is 0 Å². The summed E-state index contributed by atoms with van der Waals surface area (Å²) in [7, 11) is -2.50. The lowest BCUT2D eigenvalue weighted by molar-refractivity contribution is 0.0596. The van der Waals surface area contributed by atoms with Crippen LogP contribution in [0, 0.1) is 0 Å². The van der Waals surface area contributed by atoms with Crippen LogP contribution < -0.4 is 5.32 Å². The van der Waals surface area contributed by atoms with Crippen LogP contribution in [0.15, 0.2) is 29.2 Å². The number of piperazine rings is 1. The van der Waals surface area contributed by atoms with E-state index in [-0.39, 0.29) is 34.9 Å². The number of nitrogens with one attached hydrogen (secondary N) is 1. The standard InChI is InChI=1S/C14H20N2O4S.ClH/c1-10-9-16(11(2)8-15-10)21(18,19)13-7-5-4-6-12(13)14(17)20-3;/h4-7,10-11,15H,8-9H2,1-3H3;1H. The van der Waals surface area contributed by atoms with Crippen LogP contribution in [0.2, 0.25) is 0 Å². The Labute approximate surface area is 137 Å². The summed E-state index contributed by atoms with van der Waals surface area (Å²) in [6, 6.07) is 6.04. The fourth-order valence-electron chi connectivity index (χ4n) is 2.42. The zero-order valence-electron chi connectivity index (χ0n) is 12.8. The molecular formula is C14H21ClN2O4S. The first kappa shape index (κ1) is 18.9. The van der Waals surface area contributed by atoms with Crippen molar-refractivity contribution in [1.29, 1.82) is 0 Å². The molecule has 1 heterocycles. The number of sulfonamides is 1. The lowest BCUT2D eigenvalue weighted by atomic mass is 10.2. The smallest absolute Gasteiger partial charge is 0.339 e. The maximum Gasteiger partial charge on any atom is 0.339 e. The van der Waals surface area contributed by atoms with Crippen molar-refractivity contribution in [2.45, 2.75) is 30.8 Å². The largest absolute Gasteiger partial charge is 0.465 e. The number of esters is 1. The number of nitrogens with zero attached hydrogens (tertiary/aromatic N) is 1. The fraction of sp³-hybridized carbons (Fsp3) is 0.500. The van der Waals surface area contributed by atoms with Crippen LogP contribution in [0.1, 0.15) is 24.2 Å². The minimum atomic E-state index is -3.74. The van der Waals surface area contributed by atoms with E-state index in [0.29, 0.717) is 13.1 Å². The van der Waals surface area contributed by atoms with Crippen molar-refractivity contribution in [2.24, 2.45) is 0 Å². The molecule has 1 aliphatic heterocycles. The van der Waals surface area contributed by atoms with Gasteiger partial charge in [-0.05, 0) is 26.0 Å². The lowest BCUT2D eigenvalue weighted by Gasteiger charge is -2.36. The van der Waals surface area contributed by atoms with Crippen molar-refractivity contribution >= 4 is 28.4 Å². The molecule has 0 spiro atoms. The van der Waals surface area contributed by atoms with Crippen molar-refractivity contribution in [3.8, 4) is 0 Å². The molecule has 2 atom stereocenters. The second-order valence-corrected chi connectivity index (χ2v) is 7.08. The molecular weight excluding hydrogens is 328 g/mol. The molecule has 0 aliphatic carbocycles. The maximum absolute atomic E-state index is 12.9. The topological polar surface area (TPSA) is 75.7 Å². The average molecular weight is 349 g/mol. The van der Waals surface area contributed by atoms with Gasteiger partial charge in [-0.3, -0.25) is 0 Å². The van der Waals surface area contributed by atoms with E-state index in [9.17, 15) is 13.2 Å². The van der Waals surface area contributed by atoms with Crippen LogP contribution in [0.25, 0.3) is 0 Å². The van der Waals surface area contributed by atoms with Gasteiger partial charge in [0.1, 0.15) is 0 Å². The summed E-state index contributed by atoms with van der Waals surface area (Å²) in [5.74, 6) is -0.648. The van der Waals surface area contributed by atoms with E-state index in [0.717, 1.165) is 0 Å². The highest BCUT2D eigenvalue weighted by Crippen LogP contribution is 2.24. The van der Waals surface area contributed by atoms with Crippen LogP contribution >= 0.6 is 12.4 Å². The highest BCUT2D eigenvalue weighted by Gasteiger charge is 2.35. The third-order valence-electron chi connectivity index (χ3n) is 3.59. The first-order valence-corrected chi connectivity index (χ1v) is 8.24. The Hall–Kier alpha value is -1.15. The van der Waals surface area contributed by atoms with E-state index < -0.39 is 16.0 Å². The Bertz CT molecular complexity index is 635. The third-order valence-corrected chi connectivity index (χ3v) is 5.62. The summed E-state index contributed by atoms with van der Waals surface area (Å²) in [5, 5.41) is 3.24. The minimum Gasteiger partial charge on any atom is -0.465 e. The summed E-state index contributed by atoms with van der Waals surface area (Å²) in [4.78, 5) is 11.8. The fourth-order valence-corrected chi connectivity index (χ4v) is 4.32. The highest BCUT2D eigenvalue weighted by molar-refractivity contribution is 7.89. The second-order valence-electron chi connectivity index (χ2n) is 5.22. The van der Waals surface area contributed by atoms with Gasteiger partial charge in [-0.15, -0.1) is 12.4 Å². The molecule has 2 unspecified atom stereocenters. The third kappa shape index (κ3) is 3.60. The molecule has 1 saturated heterocycles. The number of hydrogen-bond acceptors (Lipinski definition) is 5. The number of rotatable bonds is 3. The second kappa shape index (κ2) is 7.41. The molecule has 8 heteroatoms. The summed E-state index contributed by atoms with van der Waals surface area (Å²) in [6.07, 6.45) is 0. The SMILES string of the molecule is COC(=O)c1ccccc1S(=O)(=O)N1CC(C)NCC1C.Cl. The molecule has 0 radical (unpaired) electrons. The predicted octanol–water partition coefficient (Wildman–Crippen LogP) is 1.27. The molecule has 1 N–H and O–H groups in total. The quantitative estimate of drug-likeness (QED) is 0.832. The van der Waals surface area contributed by atoms with Gasteiger partial charge in [0, 0.05) is 25.2 Å². The molecule has 1 aromatic carbocycles. The highest BCUT2D eigenvalue weighted by atomic mass is 35.5. The van der Waals surface area contributed by atoms with E-state index in [4.69, 9.17) is 0 Å². The summed E-state index contributed by atoms with van der Waals surface area (Å²) in [5.41, 5.74) is 0.0679. The van der Waals surface area contributed by atoms with Crippen molar-refractivity contribution in [3.05, 3.63) is 29.8 Å². The van der Waals surface area contributed by atoms with Gasteiger partial charge in [0.05, 0.1) is 17.6 Å². The van der Waals surface area contributed by atoms with Crippen molar-refractivity contribution < 1.29 is 17.9 Å². The zero-order chi connectivity index (χ0) is 15.6. The Morgan fingerprint density at radius 1 is 1.32 bits per heavy atom. The molecule has 1 aromatic rings. The van der Waals surface area contributed by atoms with Crippen LogP contribution in [-0.4, -0.2) is 51.0 Å². The molecule has 0 bridgehead atoms. The van der Waals surface area contributed by atoms with Gasteiger partial charge in [0.2, 0.25) is 10.0 Å². The number of carbonyl (C=O) groups excluding carboxylic acids is 1. The Balaban J connectivity index is 0.00000242. The van der Waals surface area contributed by atoms with Crippen molar-refractivity contribution in [3.63, 3.8) is 0 Å². The first-order chi connectivity index (χ1) is 9.87. The molecule has 0 amide bonds. The van der Waals surface area contributed by atoms with Crippen LogP contribution in [-0.2, 0) is 14.8 Å². The van der Waals surface area contributed by atoms with Gasteiger partial charge >= 0.3 is 5.97 Å². The molecule has 124 valence electrons. The van der Waals surface area contributed by atoms with Crippen molar-refractivity contribution in [1.82, 2.24) is 9.62 Å². The van der Waals surface area contributed by atoms with Gasteiger partial charge < -0.3 is 10.1 Å². The monoisotopic (exact) mass is 348 g/mol. The van der Waals surface area contributed by atoms with E-state index in [1.165, 1.54) is 23.5 Å². The predicted molar refractivity (Wildman–Crippen MR) is 85.8 cm³/mol. The molecule has 2 rings (SSSR count). The molecule has 0 saturated carbocycles. The number of halogens is 1. The maximum atomic E-state index is 12.9. The molecule has 0 aromatic heterocycles.